The Morgan fingerprint density at radius 3 is 2.55 bits per heavy atom. The van der Waals surface area contributed by atoms with E-state index in [-0.39, 0.29) is 6.10 Å². The van der Waals surface area contributed by atoms with Crippen LogP contribution in [0.3, 0.4) is 0 Å². The Kier molecular flexibility index (Phi) is 5.46. The number of rotatable bonds is 5. The van der Waals surface area contributed by atoms with Crippen molar-refractivity contribution in [2.45, 2.75) is 40.3 Å². The fourth-order valence-corrected chi connectivity index (χ4v) is 2.56. The molecule has 0 saturated carbocycles. The summed E-state index contributed by atoms with van der Waals surface area (Å²) in [6.45, 7) is 13.9. The number of nitrogens with one attached hydrogen (secondary N) is 1. The van der Waals surface area contributed by atoms with Crippen molar-refractivity contribution in [3.05, 3.63) is 22.8 Å². The van der Waals surface area contributed by atoms with Crippen LogP contribution < -0.4 is 5.32 Å². The predicted octanol–water partition coefficient (Wildman–Crippen LogP) is 1.60. The summed E-state index contributed by atoms with van der Waals surface area (Å²) in [5.74, 6) is 0.832. The Morgan fingerprint density at radius 1 is 1.25 bits per heavy atom. The van der Waals surface area contributed by atoms with Gasteiger partial charge in [0.1, 0.15) is 6.10 Å². The molecule has 0 radical (unpaired) electrons. The first-order valence-electron chi connectivity index (χ1n) is 7.54. The van der Waals surface area contributed by atoms with Crippen molar-refractivity contribution >= 4 is 0 Å². The average molecular weight is 278 g/mol. The van der Waals surface area contributed by atoms with E-state index in [0.29, 0.717) is 0 Å². The van der Waals surface area contributed by atoms with Gasteiger partial charge in [0.15, 0.2) is 5.82 Å². The first kappa shape index (κ1) is 15.4. The van der Waals surface area contributed by atoms with Crippen LogP contribution in [0.1, 0.15) is 42.7 Å². The summed E-state index contributed by atoms with van der Waals surface area (Å²) in [5, 5.41) is 3.34. The molecule has 1 aliphatic rings. The molecule has 20 heavy (non-hydrogen) atoms. The van der Waals surface area contributed by atoms with Gasteiger partial charge in [-0.05, 0) is 26.9 Å². The standard InChI is InChI=1S/C15H26N4O/c1-5-16-9-13-11(3)17-15(18-12(13)4)14-10-19(6-2)7-8-20-14/h14,16H,5-10H2,1-4H3. The molecule has 1 fully saturated rings. The van der Waals surface area contributed by atoms with Gasteiger partial charge in [0.05, 0.1) is 6.61 Å². The lowest BCUT2D eigenvalue weighted by Gasteiger charge is -2.31. The number of hydrogen-bond acceptors (Lipinski definition) is 5. The second-order valence-electron chi connectivity index (χ2n) is 5.26. The van der Waals surface area contributed by atoms with E-state index in [1.807, 2.05) is 0 Å². The van der Waals surface area contributed by atoms with Crippen LogP contribution in [0.15, 0.2) is 0 Å². The van der Waals surface area contributed by atoms with E-state index in [9.17, 15) is 0 Å². The van der Waals surface area contributed by atoms with Crippen molar-refractivity contribution < 1.29 is 4.74 Å². The van der Waals surface area contributed by atoms with Crippen LogP contribution in [0.2, 0.25) is 0 Å². The number of nitrogens with zero attached hydrogens (tertiary/aromatic N) is 3. The molecule has 1 N–H and O–H groups in total. The third-order valence-corrected chi connectivity index (χ3v) is 3.88. The van der Waals surface area contributed by atoms with Crippen molar-refractivity contribution in [2.24, 2.45) is 0 Å². The first-order chi connectivity index (χ1) is 9.65. The van der Waals surface area contributed by atoms with Gasteiger partial charge in [0.2, 0.25) is 0 Å². The molecule has 0 aromatic carbocycles. The highest BCUT2D eigenvalue weighted by Crippen LogP contribution is 2.21. The molecule has 2 rings (SSSR count). The molecule has 1 aliphatic heterocycles. The van der Waals surface area contributed by atoms with Gasteiger partial charge in [0, 0.05) is 36.6 Å². The number of hydrogen-bond donors (Lipinski definition) is 1. The molecule has 0 amide bonds. The SMILES string of the molecule is CCNCc1c(C)nc(C2CN(CC)CCO2)nc1C. The van der Waals surface area contributed by atoms with Crippen LogP contribution in [-0.2, 0) is 11.3 Å². The summed E-state index contributed by atoms with van der Waals surface area (Å²) in [6, 6.07) is 0. The van der Waals surface area contributed by atoms with E-state index < -0.39 is 0 Å². The minimum atomic E-state index is 0.00860. The van der Waals surface area contributed by atoms with Crippen molar-refractivity contribution in [3.8, 4) is 0 Å². The Bertz CT molecular complexity index is 426. The second kappa shape index (κ2) is 7.11. The third kappa shape index (κ3) is 3.53. The average Bonchev–Trinajstić information content (AvgIpc) is 2.46. The number of likely N-dealkylation sites (N-methyl/N-ethyl adjacent to an activating group) is 1. The zero-order valence-electron chi connectivity index (χ0n) is 13.1. The molecule has 5 nitrogen and oxygen atoms in total. The summed E-state index contributed by atoms with van der Waals surface area (Å²) in [6.07, 6.45) is 0.00860. The highest BCUT2D eigenvalue weighted by Gasteiger charge is 2.24. The fourth-order valence-electron chi connectivity index (χ4n) is 2.56. The molecule has 5 heteroatoms. The first-order valence-corrected chi connectivity index (χ1v) is 7.54. The summed E-state index contributed by atoms with van der Waals surface area (Å²) in [7, 11) is 0. The van der Waals surface area contributed by atoms with Gasteiger partial charge in [-0.15, -0.1) is 0 Å². The second-order valence-corrected chi connectivity index (χ2v) is 5.26. The van der Waals surface area contributed by atoms with E-state index >= 15 is 0 Å². The van der Waals surface area contributed by atoms with Crippen molar-refractivity contribution in [1.29, 1.82) is 0 Å². The molecule has 1 unspecified atom stereocenters. The quantitative estimate of drug-likeness (QED) is 0.886. The van der Waals surface area contributed by atoms with Crippen LogP contribution in [-0.4, -0.2) is 47.7 Å². The van der Waals surface area contributed by atoms with Gasteiger partial charge in [-0.25, -0.2) is 9.97 Å². The molecule has 112 valence electrons. The molecule has 0 aliphatic carbocycles. The number of morpholine rings is 1. The van der Waals surface area contributed by atoms with Gasteiger partial charge in [-0.2, -0.15) is 0 Å². The molecule has 1 atom stereocenters. The van der Waals surface area contributed by atoms with Crippen molar-refractivity contribution in [2.75, 3.05) is 32.8 Å². The van der Waals surface area contributed by atoms with Crippen LogP contribution in [0, 0.1) is 13.8 Å². The smallest absolute Gasteiger partial charge is 0.158 e. The summed E-state index contributed by atoms with van der Waals surface area (Å²) >= 11 is 0. The number of aromatic nitrogens is 2. The molecule has 1 aromatic rings. The maximum absolute atomic E-state index is 5.84. The maximum Gasteiger partial charge on any atom is 0.158 e. The van der Waals surface area contributed by atoms with Gasteiger partial charge in [-0.3, -0.25) is 4.90 Å². The van der Waals surface area contributed by atoms with E-state index in [0.717, 1.165) is 56.5 Å². The minimum absolute atomic E-state index is 0.00860. The lowest BCUT2D eigenvalue weighted by molar-refractivity contribution is -0.0327. The number of ether oxygens (including phenoxy) is 1. The lowest BCUT2D eigenvalue weighted by Crippen LogP contribution is -2.38. The van der Waals surface area contributed by atoms with Crippen LogP contribution in [0.4, 0.5) is 0 Å². The molecular formula is C15H26N4O. The zero-order valence-corrected chi connectivity index (χ0v) is 13.1. The lowest BCUT2D eigenvalue weighted by atomic mass is 10.1. The molecular weight excluding hydrogens is 252 g/mol. The van der Waals surface area contributed by atoms with Crippen LogP contribution >= 0.6 is 0 Å². The van der Waals surface area contributed by atoms with E-state index in [1.54, 1.807) is 0 Å². The molecule has 0 bridgehead atoms. The summed E-state index contributed by atoms with van der Waals surface area (Å²) in [4.78, 5) is 11.7. The molecule has 0 spiro atoms. The Hall–Kier alpha value is -1.04. The molecule has 1 aromatic heterocycles. The highest BCUT2D eigenvalue weighted by molar-refractivity contribution is 5.24. The minimum Gasteiger partial charge on any atom is -0.368 e. The topological polar surface area (TPSA) is 50.3 Å². The Balaban J connectivity index is 2.16. The van der Waals surface area contributed by atoms with E-state index in [1.165, 1.54) is 5.56 Å². The van der Waals surface area contributed by atoms with Gasteiger partial charge in [0.25, 0.3) is 0 Å². The monoisotopic (exact) mass is 278 g/mol. The molecule has 2 heterocycles. The van der Waals surface area contributed by atoms with Crippen LogP contribution in [0.5, 0.6) is 0 Å². The highest BCUT2D eigenvalue weighted by atomic mass is 16.5. The van der Waals surface area contributed by atoms with Crippen molar-refractivity contribution in [1.82, 2.24) is 20.2 Å². The van der Waals surface area contributed by atoms with E-state index in [2.05, 4.69) is 47.9 Å². The zero-order chi connectivity index (χ0) is 14.5. The maximum atomic E-state index is 5.84. The fraction of sp³-hybridized carbons (Fsp3) is 0.733. The van der Waals surface area contributed by atoms with Gasteiger partial charge >= 0.3 is 0 Å². The number of aryl methyl sites for hydroxylation is 2. The Morgan fingerprint density at radius 2 is 1.95 bits per heavy atom. The summed E-state index contributed by atoms with van der Waals surface area (Å²) in [5.41, 5.74) is 3.33. The van der Waals surface area contributed by atoms with Crippen molar-refractivity contribution in [3.63, 3.8) is 0 Å². The largest absolute Gasteiger partial charge is 0.368 e. The molecule has 1 saturated heterocycles. The Labute approximate surface area is 121 Å². The van der Waals surface area contributed by atoms with Gasteiger partial charge < -0.3 is 10.1 Å². The van der Waals surface area contributed by atoms with Crippen LogP contribution in [0.25, 0.3) is 0 Å². The third-order valence-electron chi connectivity index (χ3n) is 3.88. The normalized spacial score (nSPS) is 20.3. The van der Waals surface area contributed by atoms with E-state index in [4.69, 9.17) is 4.74 Å². The van der Waals surface area contributed by atoms with Gasteiger partial charge in [-0.1, -0.05) is 13.8 Å². The predicted molar refractivity (Wildman–Crippen MR) is 79.7 cm³/mol. The summed E-state index contributed by atoms with van der Waals surface area (Å²) < 4.78 is 5.84.